The summed E-state index contributed by atoms with van der Waals surface area (Å²) in [5.74, 6) is 1.09. The van der Waals surface area contributed by atoms with Gasteiger partial charge in [-0.1, -0.05) is 29.4 Å². The summed E-state index contributed by atoms with van der Waals surface area (Å²) in [6.07, 6.45) is 6.92. The van der Waals surface area contributed by atoms with Crippen molar-refractivity contribution in [2.24, 2.45) is 0 Å². The molecule has 0 unspecified atom stereocenters. The van der Waals surface area contributed by atoms with Crippen molar-refractivity contribution in [3.05, 3.63) is 52.4 Å². The molecule has 0 aliphatic carbocycles. The predicted molar refractivity (Wildman–Crippen MR) is 96.4 cm³/mol. The van der Waals surface area contributed by atoms with Gasteiger partial charge in [0.1, 0.15) is 5.82 Å². The third-order valence-electron chi connectivity index (χ3n) is 4.34. The minimum atomic E-state index is 0.910. The Morgan fingerprint density at radius 2 is 1.82 bits per heavy atom. The molecule has 1 aromatic carbocycles. The van der Waals surface area contributed by atoms with Crippen LogP contribution in [0.2, 0.25) is 0 Å². The molecule has 2 nitrogen and oxygen atoms in total. The lowest BCUT2D eigenvalue weighted by Gasteiger charge is -2.08. The second-order valence-electron chi connectivity index (χ2n) is 6.52. The summed E-state index contributed by atoms with van der Waals surface area (Å²) in [5, 5.41) is 0. The second-order valence-corrected chi connectivity index (χ2v) is 6.52. The standard InChI is InChI=1S/C20H28N2/c1-14(2)8-7-9-15(3)12-13-22-18(6)21-19-11-10-16(4)17(5)20(19)22/h8,10-12H,7,9,13H2,1-6H3. The van der Waals surface area contributed by atoms with Crippen molar-refractivity contribution in [2.75, 3.05) is 0 Å². The monoisotopic (exact) mass is 296 g/mol. The van der Waals surface area contributed by atoms with Crippen LogP contribution in [0.3, 0.4) is 0 Å². The quantitative estimate of drug-likeness (QED) is 0.651. The number of allylic oxidation sites excluding steroid dienone is 4. The molecule has 0 aliphatic rings. The van der Waals surface area contributed by atoms with Crippen LogP contribution in [-0.4, -0.2) is 9.55 Å². The topological polar surface area (TPSA) is 17.8 Å². The molecule has 0 amide bonds. The SMILES string of the molecule is CC(C)=CCCC(C)=CCn1c(C)nc2ccc(C)c(C)c21. The molecule has 1 heterocycles. The molecule has 0 atom stereocenters. The van der Waals surface area contributed by atoms with Crippen molar-refractivity contribution >= 4 is 11.0 Å². The molecule has 0 N–H and O–H groups in total. The van der Waals surface area contributed by atoms with Crippen molar-refractivity contribution in [2.45, 2.75) is 60.9 Å². The Hall–Kier alpha value is -1.83. The van der Waals surface area contributed by atoms with Gasteiger partial charge in [-0.05, 0) is 71.6 Å². The van der Waals surface area contributed by atoms with Crippen molar-refractivity contribution in [1.29, 1.82) is 0 Å². The third-order valence-corrected chi connectivity index (χ3v) is 4.34. The molecular formula is C20H28N2. The van der Waals surface area contributed by atoms with E-state index < -0.39 is 0 Å². The van der Waals surface area contributed by atoms with E-state index in [1.165, 1.54) is 27.8 Å². The summed E-state index contributed by atoms with van der Waals surface area (Å²) in [5.41, 5.74) is 7.91. The molecule has 118 valence electrons. The van der Waals surface area contributed by atoms with Gasteiger partial charge in [0.15, 0.2) is 0 Å². The Morgan fingerprint density at radius 3 is 2.50 bits per heavy atom. The van der Waals surface area contributed by atoms with Crippen LogP contribution in [0.1, 0.15) is 50.6 Å². The van der Waals surface area contributed by atoms with Gasteiger partial charge in [-0.2, -0.15) is 0 Å². The van der Waals surface area contributed by atoms with Gasteiger partial charge in [0.25, 0.3) is 0 Å². The van der Waals surface area contributed by atoms with E-state index in [2.05, 4.69) is 70.4 Å². The van der Waals surface area contributed by atoms with Crippen LogP contribution in [-0.2, 0) is 6.54 Å². The second kappa shape index (κ2) is 6.95. The van der Waals surface area contributed by atoms with E-state index in [9.17, 15) is 0 Å². The number of fused-ring (bicyclic) bond motifs is 1. The average Bonchev–Trinajstić information content (AvgIpc) is 2.77. The number of imidazole rings is 1. The van der Waals surface area contributed by atoms with E-state index >= 15 is 0 Å². The van der Waals surface area contributed by atoms with Gasteiger partial charge in [0.05, 0.1) is 11.0 Å². The van der Waals surface area contributed by atoms with E-state index in [-0.39, 0.29) is 0 Å². The Morgan fingerprint density at radius 1 is 1.09 bits per heavy atom. The van der Waals surface area contributed by atoms with Crippen LogP contribution < -0.4 is 0 Å². The Bertz CT molecular complexity index is 726. The first-order valence-corrected chi connectivity index (χ1v) is 8.12. The number of aryl methyl sites for hydroxylation is 3. The molecule has 0 saturated heterocycles. The summed E-state index contributed by atoms with van der Waals surface area (Å²) in [4.78, 5) is 4.70. The highest BCUT2D eigenvalue weighted by Gasteiger charge is 2.10. The minimum absolute atomic E-state index is 0.910. The number of aromatic nitrogens is 2. The van der Waals surface area contributed by atoms with E-state index in [1.54, 1.807) is 0 Å². The number of hydrogen-bond donors (Lipinski definition) is 0. The summed E-state index contributed by atoms with van der Waals surface area (Å²) < 4.78 is 2.34. The smallest absolute Gasteiger partial charge is 0.107 e. The fourth-order valence-electron chi connectivity index (χ4n) is 2.78. The van der Waals surface area contributed by atoms with Gasteiger partial charge in [-0.25, -0.2) is 4.98 Å². The Balaban J connectivity index is 2.23. The summed E-state index contributed by atoms with van der Waals surface area (Å²) >= 11 is 0. The first-order chi connectivity index (χ1) is 10.4. The van der Waals surface area contributed by atoms with Crippen molar-refractivity contribution in [3.63, 3.8) is 0 Å². The molecule has 1 aromatic heterocycles. The molecule has 0 spiro atoms. The van der Waals surface area contributed by atoms with E-state index in [4.69, 9.17) is 4.98 Å². The zero-order chi connectivity index (χ0) is 16.3. The van der Waals surface area contributed by atoms with Gasteiger partial charge in [-0.3, -0.25) is 0 Å². The van der Waals surface area contributed by atoms with Gasteiger partial charge >= 0.3 is 0 Å². The fourth-order valence-corrected chi connectivity index (χ4v) is 2.78. The summed E-state index contributed by atoms with van der Waals surface area (Å²) in [6.45, 7) is 13.9. The van der Waals surface area contributed by atoms with Crippen LogP contribution in [0.4, 0.5) is 0 Å². The summed E-state index contributed by atoms with van der Waals surface area (Å²) in [6, 6.07) is 4.29. The lowest BCUT2D eigenvalue weighted by atomic mass is 10.1. The molecule has 2 aromatic rings. The molecule has 2 rings (SSSR count). The van der Waals surface area contributed by atoms with Crippen molar-refractivity contribution in [1.82, 2.24) is 9.55 Å². The normalized spacial score (nSPS) is 12.0. The molecule has 0 bridgehead atoms. The average molecular weight is 296 g/mol. The van der Waals surface area contributed by atoms with Crippen LogP contribution >= 0.6 is 0 Å². The molecule has 0 fully saturated rings. The molecular weight excluding hydrogens is 268 g/mol. The zero-order valence-corrected chi connectivity index (χ0v) is 14.8. The van der Waals surface area contributed by atoms with Crippen molar-refractivity contribution < 1.29 is 0 Å². The molecule has 0 saturated carbocycles. The fraction of sp³-hybridized carbons (Fsp3) is 0.450. The number of rotatable bonds is 5. The maximum absolute atomic E-state index is 4.70. The first kappa shape index (κ1) is 16.5. The largest absolute Gasteiger partial charge is 0.324 e. The molecule has 0 radical (unpaired) electrons. The van der Waals surface area contributed by atoms with Gasteiger partial charge < -0.3 is 4.57 Å². The number of nitrogens with zero attached hydrogens (tertiary/aromatic N) is 2. The van der Waals surface area contributed by atoms with Gasteiger partial charge in [0.2, 0.25) is 0 Å². The minimum Gasteiger partial charge on any atom is -0.324 e. The maximum atomic E-state index is 4.70. The number of hydrogen-bond acceptors (Lipinski definition) is 1. The van der Waals surface area contributed by atoms with Crippen LogP contribution in [0, 0.1) is 20.8 Å². The third kappa shape index (κ3) is 3.68. The zero-order valence-electron chi connectivity index (χ0n) is 14.8. The van der Waals surface area contributed by atoms with Gasteiger partial charge in [-0.15, -0.1) is 0 Å². The van der Waals surface area contributed by atoms with E-state index in [0.717, 1.165) is 30.7 Å². The Kier molecular flexibility index (Phi) is 5.23. The van der Waals surface area contributed by atoms with E-state index in [0.29, 0.717) is 0 Å². The van der Waals surface area contributed by atoms with Crippen LogP contribution in [0.15, 0.2) is 35.4 Å². The van der Waals surface area contributed by atoms with Crippen LogP contribution in [0.5, 0.6) is 0 Å². The first-order valence-electron chi connectivity index (χ1n) is 8.12. The molecule has 22 heavy (non-hydrogen) atoms. The lowest BCUT2D eigenvalue weighted by Crippen LogP contribution is -2.00. The summed E-state index contributed by atoms with van der Waals surface area (Å²) in [7, 11) is 0. The van der Waals surface area contributed by atoms with Crippen LogP contribution in [0.25, 0.3) is 11.0 Å². The highest BCUT2D eigenvalue weighted by Crippen LogP contribution is 2.23. The predicted octanol–water partition coefficient (Wildman–Crippen LogP) is 5.65. The maximum Gasteiger partial charge on any atom is 0.107 e. The van der Waals surface area contributed by atoms with Crippen molar-refractivity contribution in [3.8, 4) is 0 Å². The lowest BCUT2D eigenvalue weighted by molar-refractivity contribution is 0.792. The van der Waals surface area contributed by atoms with E-state index in [1.807, 2.05) is 0 Å². The Labute approximate surface area is 134 Å². The highest BCUT2D eigenvalue weighted by molar-refractivity contribution is 5.80. The highest BCUT2D eigenvalue weighted by atomic mass is 15.1. The molecule has 2 heteroatoms. The molecule has 0 aliphatic heterocycles. The number of benzene rings is 1. The van der Waals surface area contributed by atoms with Gasteiger partial charge in [0, 0.05) is 6.54 Å².